The largest absolute Gasteiger partial charge is 0.365 e. The van der Waals surface area contributed by atoms with Crippen molar-refractivity contribution < 1.29 is 14.2 Å². The van der Waals surface area contributed by atoms with Crippen molar-refractivity contribution >= 4 is 35.6 Å². The number of amides is 2. The van der Waals surface area contributed by atoms with Gasteiger partial charge in [0.05, 0.1) is 11.3 Å². The van der Waals surface area contributed by atoms with Crippen LogP contribution in [0.15, 0.2) is 36.5 Å². The molecule has 3 rings (SSSR count). The monoisotopic (exact) mass is 372 g/mol. The van der Waals surface area contributed by atoms with Gasteiger partial charge in [-0.25, -0.2) is 0 Å². The van der Waals surface area contributed by atoms with E-state index in [-0.39, 0.29) is 23.2 Å². The Morgan fingerprint density at radius 1 is 1.19 bits per heavy atom. The number of benzene rings is 1. The van der Waals surface area contributed by atoms with Crippen LogP contribution < -0.4 is 21.7 Å². The molecule has 0 radical (unpaired) electrons. The lowest BCUT2D eigenvalue weighted by Crippen LogP contribution is -2.27. The van der Waals surface area contributed by atoms with Crippen LogP contribution in [0.4, 0.5) is 11.4 Å². The second-order valence-electron chi connectivity index (χ2n) is 6.72. The van der Waals surface area contributed by atoms with Gasteiger partial charge in [-0.1, -0.05) is 12.1 Å². The van der Waals surface area contributed by atoms with E-state index in [1.165, 1.54) is 12.3 Å². The van der Waals surface area contributed by atoms with Crippen molar-refractivity contribution in [2.24, 2.45) is 5.73 Å². The summed E-state index contributed by atoms with van der Waals surface area (Å²) in [6, 6.07) is 8.83. The highest BCUT2D eigenvalue weighted by Crippen LogP contribution is 2.38. The summed E-state index contributed by atoms with van der Waals surface area (Å²) in [6.45, 7) is 3.34. The van der Waals surface area contributed by atoms with Crippen LogP contribution in [0.5, 0.6) is 0 Å². The highest BCUT2D eigenvalue weighted by atomic mass is 31.2. The first-order valence-corrected chi connectivity index (χ1v) is 10.9. The number of carbonyl (C=O) groups is 2. The lowest BCUT2D eigenvalue weighted by atomic mass is 10.1. The van der Waals surface area contributed by atoms with Gasteiger partial charge in [-0.2, -0.15) is 0 Å². The van der Waals surface area contributed by atoms with Crippen molar-refractivity contribution in [2.75, 3.05) is 18.6 Å². The maximum absolute atomic E-state index is 12.5. The van der Waals surface area contributed by atoms with Crippen LogP contribution in [-0.2, 0) is 4.57 Å². The van der Waals surface area contributed by atoms with Gasteiger partial charge >= 0.3 is 0 Å². The summed E-state index contributed by atoms with van der Waals surface area (Å²) in [4.78, 5) is 28.0. The summed E-state index contributed by atoms with van der Waals surface area (Å²) in [5, 5.41) is 6.61. The van der Waals surface area contributed by atoms with Gasteiger partial charge in [-0.15, -0.1) is 0 Å². The summed E-state index contributed by atoms with van der Waals surface area (Å²) >= 11 is 0. The van der Waals surface area contributed by atoms with Crippen molar-refractivity contribution in [3.05, 3.63) is 47.8 Å². The molecular formula is C18H21N4O3P. The maximum Gasteiger partial charge on any atom is 0.270 e. The molecule has 26 heavy (non-hydrogen) atoms. The fraction of sp³-hybridized carbons (Fsp3) is 0.278. The lowest BCUT2D eigenvalue weighted by molar-refractivity contribution is 0.0943. The Labute approximate surface area is 151 Å². The standard InChI is InChI=1S/C18H21N4O3P/c1-26(2,25)16-6-4-3-5-13(16)22-14-9-15(18(24)21-11-7-8-11)20-10-12(14)17(19)23/h3-6,9-11H,7-8H2,1-2H3,(H2,19,23)(H,20,22)(H,21,24). The Hall–Kier alpha value is -2.66. The van der Waals surface area contributed by atoms with Crippen molar-refractivity contribution in [3.8, 4) is 0 Å². The Kier molecular flexibility index (Phi) is 4.83. The SMILES string of the molecule is CP(C)(=O)c1ccccc1Nc1cc(C(=O)NC2CC2)ncc1C(N)=O. The topological polar surface area (TPSA) is 114 Å². The number of hydrogen-bond acceptors (Lipinski definition) is 5. The number of carbonyl (C=O) groups excluding carboxylic acids is 2. The zero-order valence-electron chi connectivity index (χ0n) is 14.7. The minimum absolute atomic E-state index is 0.157. The van der Waals surface area contributed by atoms with Crippen LogP contribution in [0.1, 0.15) is 33.7 Å². The molecule has 136 valence electrons. The summed E-state index contributed by atoms with van der Waals surface area (Å²) < 4.78 is 12.5. The predicted octanol–water partition coefficient (Wildman–Crippen LogP) is 2.06. The fourth-order valence-corrected chi connectivity index (χ4v) is 3.72. The minimum Gasteiger partial charge on any atom is -0.365 e. The minimum atomic E-state index is -2.55. The molecule has 7 nitrogen and oxygen atoms in total. The number of nitrogens with zero attached hydrogens (tertiary/aromatic N) is 1. The third kappa shape index (κ3) is 4.11. The Balaban J connectivity index is 1.99. The number of para-hydroxylation sites is 1. The molecule has 2 aromatic rings. The second-order valence-corrected chi connectivity index (χ2v) is 9.90. The third-order valence-corrected chi connectivity index (χ3v) is 5.62. The van der Waals surface area contributed by atoms with Crippen LogP contribution >= 0.6 is 7.14 Å². The van der Waals surface area contributed by atoms with Gasteiger partial charge in [-0.3, -0.25) is 14.6 Å². The highest BCUT2D eigenvalue weighted by Gasteiger charge is 2.25. The molecule has 1 aromatic heterocycles. The fourth-order valence-electron chi connectivity index (χ4n) is 2.56. The van der Waals surface area contributed by atoms with Crippen molar-refractivity contribution in [1.29, 1.82) is 0 Å². The number of pyridine rings is 1. The van der Waals surface area contributed by atoms with E-state index in [1.54, 1.807) is 37.6 Å². The van der Waals surface area contributed by atoms with Crippen LogP contribution in [0, 0.1) is 0 Å². The van der Waals surface area contributed by atoms with Crippen LogP contribution in [0.2, 0.25) is 0 Å². The number of nitrogens with two attached hydrogens (primary N) is 1. The summed E-state index contributed by atoms with van der Waals surface area (Å²) in [5.41, 5.74) is 6.74. The molecule has 0 aliphatic heterocycles. The van der Waals surface area contributed by atoms with E-state index in [0.717, 1.165) is 12.8 Å². The smallest absolute Gasteiger partial charge is 0.270 e. The maximum atomic E-state index is 12.5. The highest BCUT2D eigenvalue weighted by molar-refractivity contribution is 7.70. The van der Waals surface area contributed by atoms with Gasteiger partial charge in [0.25, 0.3) is 11.8 Å². The number of hydrogen-bond donors (Lipinski definition) is 3. The van der Waals surface area contributed by atoms with E-state index >= 15 is 0 Å². The van der Waals surface area contributed by atoms with Crippen LogP contribution in [0.3, 0.4) is 0 Å². The molecule has 0 spiro atoms. The van der Waals surface area contributed by atoms with Gasteiger partial charge in [0.1, 0.15) is 12.8 Å². The quantitative estimate of drug-likeness (QED) is 0.672. The average Bonchev–Trinajstić information content (AvgIpc) is 3.38. The lowest BCUT2D eigenvalue weighted by Gasteiger charge is -2.17. The first-order valence-electron chi connectivity index (χ1n) is 8.28. The zero-order valence-corrected chi connectivity index (χ0v) is 15.5. The molecule has 1 heterocycles. The Morgan fingerprint density at radius 2 is 1.88 bits per heavy atom. The number of aromatic nitrogens is 1. The van der Waals surface area contributed by atoms with Gasteiger partial charge in [0, 0.05) is 23.2 Å². The van der Waals surface area contributed by atoms with Gasteiger partial charge in [0.15, 0.2) is 0 Å². The second kappa shape index (κ2) is 6.92. The summed E-state index contributed by atoms with van der Waals surface area (Å²) in [6.07, 6.45) is 3.21. The van der Waals surface area contributed by atoms with E-state index in [9.17, 15) is 14.2 Å². The molecule has 1 aromatic carbocycles. The van der Waals surface area contributed by atoms with E-state index in [2.05, 4.69) is 15.6 Å². The molecule has 2 amide bonds. The van der Waals surface area contributed by atoms with Crippen LogP contribution in [-0.4, -0.2) is 36.2 Å². The molecule has 0 bridgehead atoms. The number of nitrogens with one attached hydrogen (secondary N) is 2. The Bertz CT molecular complexity index is 918. The van der Waals surface area contributed by atoms with E-state index in [4.69, 9.17) is 5.73 Å². The molecule has 1 aliphatic rings. The molecule has 0 saturated heterocycles. The molecular weight excluding hydrogens is 351 g/mol. The van der Waals surface area contributed by atoms with E-state index in [1.807, 2.05) is 0 Å². The normalized spacial score (nSPS) is 13.9. The number of rotatable bonds is 6. The first-order chi connectivity index (χ1) is 12.3. The molecule has 0 unspecified atom stereocenters. The Morgan fingerprint density at radius 3 is 2.50 bits per heavy atom. The average molecular weight is 372 g/mol. The number of primary amides is 1. The van der Waals surface area contributed by atoms with Gasteiger partial charge in [0.2, 0.25) is 0 Å². The van der Waals surface area contributed by atoms with Crippen LogP contribution in [0.25, 0.3) is 0 Å². The predicted molar refractivity (Wildman–Crippen MR) is 102 cm³/mol. The van der Waals surface area contributed by atoms with Gasteiger partial charge < -0.3 is 20.9 Å². The van der Waals surface area contributed by atoms with E-state index in [0.29, 0.717) is 16.7 Å². The summed E-state index contributed by atoms with van der Waals surface area (Å²) in [5.74, 6) is -0.959. The summed E-state index contributed by atoms with van der Waals surface area (Å²) in [7, 11) is -2.55. The molecule has 1 saturated carbocycles. The van der Waals surface area contributed by atoms with Crippen molar-refractivity contribution in [2.45, 2.75) is 18.9 Å². The molecule has 1 fully saturated rings. The van der Waals surface area contributed by atoms with Gasteiger partial charge in [-0.05, 0) is 44.4 Å². The molecule has 8 heteroatoms. The van der Waals surface area contributed by atoms with Crippen molar-refractivity contribution in [1.82, 2.24) is 10.3 Å². The first kappa shape index (κ1) is 18.1. The molecule has 0 atom stereocenters. The molecule has 1 aliphatic carbocycles. The van der Waals surface area contributed by atoms with Crippen molar-refractivity contribution in [3.63, 3.8) is 0 Å². The van der Waals surface area contributed by atoms with E-state index < -0.39 is 13.0 Å². The third-order valence-electron chi connectivity index (χ3n) is 4.07. The number of anilines is 2. The zero-order chi connectivity index (χ0) is 18.9. The molecule has 4 N–H and O–H groups in total.